The number of carbonyl (C=O) groups is 1. The number of Topliss-reactive ketones (excluding diaryl/α,β-unsaturated/α-hetero) is 1. The first-order chi connectivity index (χ1) is 9.70. The van der Waals surface area contributed by atoms with Crippen molar-refractivity contribution in [2.75, 3.05) is 0 Å². The van der Waals surface area contributed by atoms with Crippen molar-refractivity contribution in [2.24, 2.45) is 5.92 Å². The number of benzene rings is 1. The summed E-state index contributed by atoms with van der Waals surface area (Å²) >= 11 is 0. The van der Waals surface area contributed by atoms with Gasteiger partial charge in [0, 0.05) is 32.8 Å². The van der Waals surface area contributed by atoms with Crippen LogP contribution in [-0.4, -0.2) is 20.5 Å². The molecule has 106 valence electrons. The second-order valence-electron chi connectivity index (χ2n) is 5.83. The van der Waals surface area contributed by atoms with Crippen LogP contribution in [-0.2, 0) is 10.8 Å². The number of hydrogen-bond donors (Lipinski definition) is 0. The molecule has 0 spiro atoms. The Morgan fingerprint density at radius 3 is 2.50 bits per heavy atom. The number of ketones is 1. The second kappa shape index (κ2) is 5.65. The van der Waals surface area contributed by atoms with Crippen molar-refractivity contribution < 1.29 is 9.00 Å². The third kappa shape index (κ3) is 2.39. The van der Waals surface area contributed by atoms with Crippen LogP contribution in [0.1, 0.15) is 48.0 Å². The Hall–Kier alpha value is -1.22. The predicted molar refractivity (Wildman–Crippen MR) is 83.2 cm³/mol. The van der Waals surface area contributed by atoms with E-state index in [-0.39, 0.29) is 22.2 Å². The molecule has 20 heavy (non-hydrogen) atoms. The smallest absolute Gasteiger partial charge is 0.166 e. The van der Waals surface area contributed by atoms with E-state index >= 15 is 0 Å². The summed E-state index contributed by atoms with van der Waals surface area (Å²) in [5.74, 6) is 0.262. The number of fused-ring (bicyclic) bond motifs is 2. The molecule has 0 radical (unpaired) electrons. The lowest BCUT2D eigenvalue weighted by Gasteiger charge is -2.37. The van der Waals surface area contributed by atoms with Gasteiger partial charge in [0.05, 0.1) is 0 Å². The molecule has 2 unspecified atom stereocenters. The summed E-state index contributed by atoms with van der Waals surface area (Å²) in [4.78, 5) is 12.8. The van der Waals surface area contributed by atoms with Crippen LogP contribution < -0.4 is 0 Å². The maximum atomic E-state index is 12.8. The fraction of sp³-hybridized carbons (Fsp3) is 0.471. The van der Waals surface area contributed by atoms with E-state index in [2.05, 4.69) is 6.58 Å². The van der Waals surface area contributed by atoms with Crippen molar-refractivity contribution >= 4 is 22.7 Å². The molecular weight excluding hydrogens is 268 g/mol. The van der Waals surface area contributed by atoms with E-state index < -0.39 is 10.8 Å². The van der Waals surface area contributed by atoms with Gasteiger partial charge in [-0.05, 0) is 31.2 Å². The zero-order chi connectivity index (χ0) is 14.1. The molecule has 0 N–H and O–H groups in total. The fourth-order valence-electron chi connectivity index (χ4n) is 3.57. The zero-order valence-corrected chi connectivity index (χ0v) is 12.4. The molecule has 2 nitrogen and oxygen atoms in total. The lowest BCUT2D eigenvalue weighted by molar-refractivity contribution is 0.0895. The summed E-state index contributed by atoms with van der Waals surface area (Å²) in [5.41, 5.74) is 1.69. The predicted octanol–water partition coefficient (Wildman–Crippen LogP) is 3.59. The largest absolute Gasteiger partial charge is 0.294 e. The molecule has 2 bridgehead atoms. The van der Waals surface area contributed by atoms with Crippen LogP contribution in [0, 0.1) is 5.92 Å². The van der Waals surface area contributed by atoms with Gasteiger partial charge in [0.1, 0.15) is 0 Å². The van der Waals surface area contributed by atoms with Crippen molar-refractivity contribution in [1.82, 2.24) is 0 Å². The standard InChI is InChI=1S/C17H20O2S/c1-2-12-6-3-4-9-16(12)17(18)13-10-14-7-5-8-15(11-13)20(14)19/h2-4,6,9,13-15H,1,5,7-8,10-11H2. The number of carbonyl (C=O) groups excluding carboxylic acids is 1. The van der Waals surface area contributed by atoms with Gasteiger partial charge in [-0.3, -0.25) is 9.00 Å². The van der Waals surface area contributed by atoms with E-state index in [1.807, 2.05) is 24.3 Å². The molecule has 0 aromatic heterocycles. The molecule has 1 aromatic carbocycles. The zero-order valence-electron chi connectivity index (χ0n) is 11.6. The lowest BCUT2D eigenvalue weighted by Crippen LogP contribution is -2.41. The molecule has 1 aromatic rings. The lowest BCUT2D eigenvalue weighted by atomic mass is 9.83. The molecule has 2 heterocycles. The summed E-state index contributed by atoms with van der Waals surface area (Å²) in [6.45, 7) is 3.79. The third-order valence-corrected chi connectivity index (χ3v) is 6.79. The third-order valence-electron chi connectivity index (χ3n) is 4.62. The number of rotatable bonds is 3. The van der Waals surface area contributed by atoms with Gasteiger partial charge in [0.2, 0.25) is 0 Å². The first kappa shape index (κ1) is 13.7. The second-order valence-corrected chi connectivity index (χ2v) is 7.82. The topological polar surface area (TPSA) is 34.1 Å². The van der Waals surface area contributed by atoms with Crippen LogP contribution >= 0.6 is 0 Å². The van der Waals surface area contributed by atoms with Crippen LogP contribution in [0.15, 0.2) is 30.8 Å². The van der Waals surface area contributed by atoms with E-state index in [1.54, 1.807) is 6.08 Å². The molecule has 2 aliphatic heterocycles. The minimum atomic E-state index is -0.709. The van der Waals surface area contributed by atoms with Crippen LogP contribution in [0.5, 0.6) is 0 Å². The van der Waals surface area contributed by atoms with E-state index in [1.165, 1.54) is 6.42 Å². The minimum Gasteiger partial charge on any atom is -0.294 e. The van der Waals surface area contributed by atoms with E-state index in [4.69, 9.17) is 0 Å². The van der Waals surface area contributed by atoms with Crippen LogP contribution in [0.3, 0.4) is 0 Å². The monoisotopic (exact) mass is 288 g/mol. The molecule has 3 heteroatoms. The van der Waals surface area contributed by atoms with Crippen molar-refractivity contribution in [3.05, 3.63) is 42.0 Å². The Labute approximate surface area is 122 Å². The molecule has 2 saturated heterocycles. The SMILES string of the molecule is C=Cc1ccccc1C(=O)C1CC2CCCC(C1)S2=O. The highest BCUT2D eigenvalue weighted by molar-refractivity contribution is 7.86. The van der Waals surface area contributed by atoms with Gasteiger partial charge in [0.25, 0.3) is 0 Å². The Balaban J connectivity index is 1.84. The first-order valence-electron chi connectivity index (χ1n) is 7.35. The molecule has 0 aliphatic carbocycles. The molecule has 2 atom stereocenters. The van der Waals surface area contributed by atoms with Gasteiger partial charge < -0.3 is 0 Å². The quantitative estimate of drug-likeness (QED) is 0.797. The van der Waals surface area contributed by atoms with Gasteiger partial charge >= 0.3 is 0 Å². The normalized spacial score (nSPS) is 32.6. The summed E-state index contributed by atoms with van der Waals surface area (Å²) in [6, 6.07) is 7.66. The maximum absolute atomic E-state index is 12.8. The van der Waals surface area contributed by atoms with Gasteiger partial charge in [-0.1, -0.05) is 43.3 Å². The molecule has 0 amide bonds. The average molecular weight is 288 g/mol. The highest BCUT2D eigenvalue weighted by Crippen LogP contribution is 2.38. The van der Waals surface area contributed by atoms with Crippen LogP contribution in [0.25, 0.3) is 6.08 Å². The molecule has 0 saturated carbocycles. The first-order valence-corrected chi connectivity index (χ1v) is 8.63. The molecular formula is C17H20O2S. The van der Waals surface area contributed by atoms with E-state index in [9.17, 15) is 9.00 Å². The Morgan fingerprint density at radius 2 is 1.85 bits per heavy atom. The average Bonchev–Trinajstić information content (AvgIpc) is 2.46. The molecule has 2 fully saturated rings. The maximum Gasteiger partial charge on any atom is 0.166 e. The fourth-order valence-corrected chi connectivity index (χ4v) is 5.75. The van der Waals surface area contributed by atoms with Gasteiger partial charge in [-0.15, -0.1) is 0 Å². The van der Waals surface area contributed by atoms with Crippen molar-refractivity contribution in [3.63, 3.8) is 0 Å². The number of hydrogen-bond acceptors (Lipinski definition) is 2. The van der Waals surface area contributed by atoms with Gasteiger partial charge in [0.15, 0.2) is 5.78 Å². The minimum absolute atomic E-state index is 0.0455. The summed E-state index contributed by atoms with van der Waals surface area (Å²) < 4.78 is 12.2. The van der Waals surface area contributed by atoms with Gasteiger partial charge in [-0.25, -0.2) is 0 Å². The Kier molecular flexibility index (Phi) is 3.88. The van der Waals surface area contributed by atoms with Gasteiger partial charge in [-0.2, -0.15) is 0 Å². The molecule has 2 aliphatic rings. The summed E-state index contributed by atoms with van der Waals surface area (Å²) in [7, 11) is -0.709. The highest BCUT2D eigenvalue weighted by atomic mass is 32.2. The van der Waals surface area contributed by atoms with Crippen molar-refractivity contribution in [3.8, 4) is 0 Å². The molecule has 3 rings (SSSR count). The Morgan fingerprint density at radius 1 is 1.20 bits per heavy atom. The Bertz CT molecular complexity index is 548. The van der Waals surface area contributed by atoms with Crippen LogP contribution in [0.2, 0.25) is 0 Å². The van der Waals surface area contributed by atoms with E-state index in [0.717, 1.165) is 36.8 Å². The highest BCUT2D eigenvalue weighted by Gasteiger charge is 2.40. The van der Waals surface area contributed by atoms with Crippen molar-refractivity contribution in [1.29, 1.82) is 0 Å². The van der Waals surface area contributed by atoms with E-state index in [0.29, 0.717) is 0 Å². The summed E-state index contributed by atoms with van der Waals surface area (Å²) in [6.07, 6.45) is 6.56. The van der Waals surface area contributed by atoms with Crippen molar-refractivity contribution in [2.45, 2.75) is 42.6 Å². The van der Waals surface area contributed by atoms with Crippen LogP contribution in [0.4, 0.5) is 0 Å². The summed E-state index contributed by atoms with van der Waals surface area (Å²) in [5, 5.41) is 0.486.